The normalized spacial score (nSPS) is 12.3. The van der Waals surface area contributed by atoms with Gasteiger partial charge < -0.3 is 19.5 Å². The monoisotopic (exact) mass is 379 g/mol. The maximum atomic E-state index is 9.60. The molecule has 3 aromatic rings. The minimum absolute atomic E-state index is 0.282. The number of nitrogens with zero attached hydrogens (tertiary/aromatic N) is 1. The fourth-order valence-electron chi connectivity index (χ4n) is 3.10. The molecule has 0 spiro atoms. The molecule has 0 aliphatic carbocycles. The number of aliphatic hydroxyl groups excluding tert-OH is 1. The van der Waals surface area contributed by atoms with Crippen LogP contribution in [-0.4, -0.2) is 50.0 Å². The van der Waals surface area contributed by atoms with Crippen molar-refractivity contribution in [2.45, 2.75) is 19.4 Å². The van der Waals surface area contributed by atoms with E-state index >= 15 is 0 Å². The number of aliphatic hydroxyl groups is 1. The molecule has 1 atom stereocenters. The molecule has 0 amide bonds. The van der Waals surface area contributed by atoms with E-state index in [1.165, 1.54) is 16.3 Å². The van der Waals surface area contributed by atoms with E-state index in [1.54, 1.807) is 6.92 Å². The summed E-state index contributed by atoms with van der Waals surface area (Å²) < 4.78 is 11.7. The zero-order valence-corrected chi connectivity index (χ0v) is 16.9. The first-order valence-corrected chi connectivity index (χ1v) is 9.71. The number of benzene rings is 3. The van der Waals surface area contributed by atoms with Crippen molar-refractivity contribution < 1.29 is 14.6 Å². The Hall–Kier alpha value is -2.56. The van der Waals surface area contributed by atoms with Gasteiger partial charge in [-0.1, -0.05) is 42.5 Å². The van der Waals surface area contributed by atoms with Gasteiger partial charge in [0, 0.05) is 18.5 Å². The predicted molar refractivity (Wildman–Crippen MR) is 114 cm³/mol. The average Bonchev–Trinajstić information content (AvgIpc) is 2.68. The van der Waals surface area contributed by atoms with Crippen LogP contribution in [-0.2, 0) is 6.42 Å². The first-order valence-electron chi connectivity index (χ1n) is 9.71. The van der Waals surface area contributed by atoms with Crippen LogP contribution in [0.4, 0.5) is 0 Å². The van der Waals surface area contributed by atoms with Crippen molar-refractivity contribution in [3.05, 3.63) is 71.8 Å². The van der Waals surface area contributed by atoms with Gasteiger partial charge in [-0.15, -0.1) is 0 Å². The molecule has 0 bridgehead atoms. The second kappa shape index (κ2) is 9.58. The number of hydrogen-bond acceptors (Lipinski definition) is 4. The van der Waals surface area contributed by atoms with Gasteiger partial charge in [0.1, 0.15) is 24.7 Å². The number of rotatable bonds is 9. The molecular weight excluding hydrogens is 350 g/mol. The number of hydrogen-bond donors (Lipinski definition) is 1. The summed E-state index contributed by atoms with van der Waals surface area (Å²) in [4.78, 5) is 2.10. The molecule has 0 aliphatic heterocycles. The number of ether oxygens (including phenoxy) is 2. The van der Waals surface area contributed by atoms with Gasteiger partial charge in [0.05, 0.1) is 6.10 Å². The highest BCUT2D eigenvalue weighted by Gasteiger charge is 2.11. The van der Waals surface area contributed by atoms with Crippen molar-refractivity contribution in [2.75, 3.05) is 33.9 Å². The van der Waals surface area contributed by atoms with Gasteiger partial charge in [0.25, 0.3) is 0 Å². The molecule has 0 aliphatic rings. The molecule has 0 fully saturated rings. The van der Waals surface area contributed by atoms with Crippen LogP contribution in [0.2, 0.25) is 0 Å². The van der Waals surface area contributed by atoms with Crippen molar-refractivity contribution in [1.29, 1.82) is 0 Å². The SMILES string of the molecule is CC(O)COc1ccc2ccccc2c1Cc1ccc(OCCN(C)C)cc1. The van der Waals surface area contributed by atoms with Crippen LogP contribution >= 0.6 is 0 Å². The zero-order chi connectivity index (χ0) is 19.9. The fourth-order valence-corrected chi connectivity index (χ4v) is 3.10. The quantitative estimate of drug-likeness (QED) is 0.607. The second-order valence-electron chi connectivity index (χ2n) is 7.40. The standard InChI is InChI=1S/C24H29NO3/c1-18(26)17-28-24-13-10-20-6-4-5-7-22(20)23(24)16-19-8-11-21(12-9-19)27-15-14-25(2)3/h4-13,18,26H,14-17H2,1-3H3. The van der Waals surface area contributed by atoms with Crippen LogP contribution in [0.15, 0.2) is 60.7 Å². The van der Waals surface area contributed by atoms with Gasteiger partial charge in [0.2, 0.25) is 0 Å². The lowest BCUT2D eigenvalue weighted by molar-refractivity contribution is 0.122. The molecule has 1 unspecified atom stereocenters. The fraction of sp³-hybridized carbons (Fsp3) is 0.333. The molecule has 0 saturated heterocycles. The van der Waals surface area contributed by atoms with E-state index in [4.69, 9.17) is 9.47 Å². The Morgan fingerprint density at radius 3 is 2.39 bits per heavy atom. The van der Waals surface area contributed by atoms with Crippen LogP contribution in [0.1, 0.15) is 18.1 Å². The topological polar surface area (TPSA) is 41.9 Å². The summed E-state index contributed by atoms with van der Waals surface area (Å²) in [5.41, 5.74) is 2.33. The van der Waals surface area contributed by atoms with Crippen molar-refractivity contribution >= 4 is 10.8 Å². The summed E-state index contributed by atoms with van der Waals surface area (Å²) in [6.45, 7) is 3.58. The Bertz CT molecular complexity index is 888. The van der Waals surface area contributed by atoms with Gasteiger partial charge >= 0.3 is 0 Å². The lowest BCUT2D eigenvalue weighted by atomic mass is 9.97. The molecule has 28 heavy (non-hydrogen) atoms. The minimum Gasteiger partial charge on any atom is -0.492 e. The molecule has 0 aromatic heterocycles. The summed E-state index contributed by atoms with van der Waals surface area (Å²) in [5.74, 6) is 1.71. The van der Waals surface area contributed by atoms with Crippen LogP contribution in [0, 0.1) is 0 Å². The molecule has 1 N–H and O–H groups in total. The molecule has 3 aromatic carbocycles. The minimum atomic E-state index is -0.502. The maximum Gasteiger partial charge on any atom is 0.123 e. The molecule has 4 heteroatoms. The van der Waals surface area contributed by atoms with E-state index in [9.17, 15) is 5.11 Å². The molecule has 0 saturated carbocycles. The molecular formula is C24H29NO3. The third-order valence-corrected chi connectivity index (χ3v) is 4.59. The van der Waals surface area contributed by atoms with Gasteiger partial charge in [0.15, 0.2) is 0 Å². The number of likely N-dealkylation sites (N-methyl/N-ethyl adjacent to an activating group) is 1. The molecule has 0 heterocycles. The Morgan fingerprint density at radius 1 is 0.929 bits per heavy atom. The molecule has 3 rings (SSSR count). The highest BCUT2D eigenvalue weighted by atomic mass is 16.5. The Kier molecular flexibility index (Phi) is 6.90. The van der Waals surface area contributed by atoms with E-state index in [1.807, 2.05) is 44.4 Å². The predicted octanol–water partition coefficient (Wildman–Crippen LogP) is 4.13. The lowest BCUT2D eigenvalue weighted by Gasteiger charge is -2.16. The van der Waals surface area contributed by atoms with Gasteiger partial charge in [-0.3, -0.25) is 0 Å². The van der Waals surface area contributed by atoms with Gasteiger partial charge in [-0.05, 0) is 55.6 Å². The summed E-state index contributed by atoms with van der Waals surface area (Å²) in [6.07, 6.45) is 0.256. The largest absolute Gasteiger partial charge is 0.492 e. The van der Waals surface area contributed by atoms with E-state index < -0.39 is 6.10 Å². The van der Waals surface area contributed by atoms with Crippen molar-refractivity contribution in [3.8, 4) is 11.5 Å². The Balaban J connectivity index is 1.81. The molecule has 4 nitrogen and oxygen atoms in total. The first kappa shape index (κ1) is 20.2. The van der Waals surface area contributed by atoms with E-state index in [0.29, 0.717) is 6.61 Å². The molecule has 0 radical (unpaired) electrons. The third-order valence-electron chi connectivity index (χ3n) is 4.59. The summed E-state index contributed by atoms with van der Waals surface area (Å²) in [7, 11) is 4.07. The van der Waals surface area contributed by atoms with E-state index in [2.05, 4.69) is 35.2 Å². The maximum absolute atomic E-state index is 9.60. The summed E-state index contributed by atoms with van der Waals surface area (Å²) in [6, 6.07) is 20.6. The van der Waals surface area contributed by atoms with Crippen LogP contribution in [0.3, 0.4) is 0 Å². The second-order valence-corrected chi connectivity index (χ2v) is 7.40. The van der Waals surface area contributed by atoms with E-state index in [0.717, 1.165) is 30.0 Å². The van der Waals surface area contributed by atoms with Crippen LogP contribution < -0.4 is 9.47 Å². The first-order chi connectivity index (χ1) is 13.5. The highest BCUT2D eigenvalue weighted by Crippen LogP contribution is 2.31. The highest BCUT2D eigenvalue weighted by molar-refractivity contribution is 5.88. The zero-order valence-electron chi connectivity index (χ0n) is 16.9. The third kappa shape index (κ3) is 5.47. The van der Waals surface area contributed by atoms with Crippen molar-refractivity contribution in [2.24, 2.45) is 0 Å². The number of fused-ring (bicyclic) bond motifs is 1. The Morgan fingerprint density at radius 2 is 1.68 bits per heavy atom. The van der Waals surface area contributed by atoms with Gasteiger partial charge in [-0.25, -0.2) is 0 Å². The summed E-state index contributed by atoms with van der Waals surface area (Å²) >= 11 is 0. The summed E-state index contributed by atoms with van der Waals surface area (Å²) in [5, 5.41) is 12.0. The Labute approximate surface area is 167 Å². The lowest BCUT2D eigenvalue weighted by Crippen LogP contribution is -2.19. The van der Waals surface area contributed by atoms with Crippen LogP contribution in [0.5, 0.6) is 11.5 Å². The molecule has 148 valence electrons. The average molecular weight is 380 g/mol. The van der Waals surface area contributed by atoms with E-state index in [-0.39, 0.29) is 6.61 Å². The smallest absolute Gasteiger partial charge is 0.123 e. The van der Waals surface area contributed by atoms with Crippen molar-refractivity contribution in [3.63, 3.8) is 0 Å². The van der Waals surface area contributed by atoms with Gasteiger partial charge in [-0.2, -0.15) is 0 Å². The van der Waals surface area contributed by atoms with Crippen LogP contribution in [0.25, 0.3) is 10.8 Å². The van der Waals surface area contributed by atoms with Crippen molar-refractivity contribution in [1.82, 2.24) is 4.90 Å².